The number of ether oxygens (including phenoxy) is 1. The molecule has 2 aliphatic rings. The molecule has 1 aliphatic heterocycles. The van der Waals surface area contributed by atoms with Crippen molar-refractivity contribution in [3.63, 3.8) is 0 Å². The van der Waals surface area contributed by atoms with Gasteiger partial charge in [0.25, 0.3) is 0 Å². The lowest BCUT2D eigenvalue weighted by Gasteiger charge is -2.40. The van der Waals surface area contributed by atoms with Crippen molar-refractivity contribution in [2.75, 3.05) is 5.32 Å². The van der Waals surface area contributed by atoms with Gasteiger partial charge in [-0.1, -0.05) is 80.6 Å². The van der Waals surface area contributed by atoms with E-state index in [9.17, 15) is 9.59 Å². The number of hydrogen-bond acceptors (Lipinski definition) is 4. The average molecular weight is 474 g/mol. The van der Waals surface area contributed by atoms with Crippen LogP contribution in [0.15, 0.2) is 96.6 Å². The van der Waals surface area contributed by atoms with E-state index in [4.69, 9.17) is 4.74 Å². The van der Waals surface area contributed by atoms with Crippen LogP contribution in [-0.2, 0) is 4.79 Å². The first kappa shape index (κ1) is 22.3. The number of ketones is 1. The molecule has 0 amide bonds. The van der Waals surface area contributed by atoms with Gasteiger partial charge in [0.2, 0.25) is 0 Å². The minimum absolute atomic E-state index is 0.134. The van der Waals surface area contributed by atoms with Crippen LogP contribution in [-0.4, -0.2) is 11.8 Å². The van der Waals surface area contributed by atoms with Gasteiger partial charge in [-0.25, -0.2) is 4.79 Å². The molecule has 36 heavy (non-hydrogen) atoms. The van der Waals surface area contributed by atoms with E-state index in [0.717, 1.165) is 45.2 Å². The van der Waals surface area contributed by atoms with Crippen LogP contribution in [0.3, 0.4) is 0 Å². The highest BCUT2D eigenvalue weighted by atomic mass is 16.5. The van der Waals surface area contributed by atoms with E-state index in [2.05, 4.69) is 43.4 Å². The Labute approximate surface area is 210 Å². The summed E-state index contributed by atoms with van der Waals surface area (Å²) >= 11 is 0. The lowest BCUT2D eigenvalue weighted by atomic mass is 9.68. The molecule has 0 saturated heterocycles. The van der Waals surface area contributed by atoms with Crippen LogP contribution in [0.1, 0.15) is 54.2 Å². The van der Waals surface area contributed by atoms with E-state index in [1.165, 1.54) is 0 Å². The molecule has 0 saturated carbocycles. The molecule has 0 unspecified atom stereocenters. The second-order valence-electron chi connectivity index (χ2n) is 10.4. The largest absolute Gasteiger partial charge is 0.423 e. The fourth-order valence-electron chi connectivity index (χ4n) is 5.62. The van der Waals surface area contributed by atoms with Crippen LogP contribution < -0.4 is 10.1 Å². The number of esters is 1. The lowest BCUT2D eigenvalue weighted by Crippen LogP contribution is -2.33. The van der Waals surface area contributed by atoms with Gasteiger partial charge in [0.05, 0.1) is 11.6 Å². The molecule has 1 aliphatic carbocycles. The van der Waals surface area contributed by atoms with E-state index in [1.54, 1.807) is 18.2 Å². The van der Waals surface area contributed by atoms with Crippen LogP contribution in [0.5, 0.6) is 5.75 Å². The maximum absolute atomic E-state index is 13.7. The fraction of sp³-hybridized carbons (Fsp3) is 0.188. The van der Waals surface area contributed by atoms with E-state index < -0.39 is 12.0 Å². The van der Waals surface area contributed by atoms with E-state index in [-0.39, 0.29) is 11.2 Å². The summed E-state index contributed by atoms with van der Waals surface area (Å²) in [6, 6.07) is 28.6. The maximum Gasteiger partial charge on any atom is 0.343 e. The molecule has 4 aromatic rings. The van der Waals surface area contributed by atoms with Crippen molar-refractivity contribution in [2.24, 2.45) is 5.41 Å². The summed E-state index contributed by atoms with van der Waals surface area (Å²) in [5, 5.41) is 5.94. The quantitative estimate of drug-likeness (QED) is 0.249. The Morgan fingerprint density at radius 3 is 2.42 bits per heavy atom. The number of anilines is 1. The fourth-order valence-corrected chi connectivity index (χ4v) is 5.62. The Morgan fingerprint density at radius 2 is 1.58 bits per heavy atom. The van der Waals surface area contributed by atoms with Crippen molar-refractivity contribution < 1.29 is 14.3 Å². The molecular formula is C32H27NO3. The molecular weight excluding hydrogens is 446 g/mol. The monoisotopic (exact) mass is 473 g/mol. The van der Waals surface area contributed by atoms with Crippen molar-refractivity contribution in [1.29, 1.82) is 0 Å². The summed E-state index contributed by atoms with van der Waals surface area (Å²) < 4.78 is 5.89. The minimum atomic E-state index is -0.421. The normalized spacial score (nSPS) is 18.3. The summed E-state index contributed by atoms with van der Waals surface area (Å²) in [4.78, 5) is 26.6. The predicted molar refractivity (Wildman–Crippen MR) is 143 cm³/mol. The first-order valence-corrected chi connectivity index (χ1v) is 12.3. The van der Waals surface area contributed by atoms with E-state index in [0.29, 0.717) is 17.7 Å². The highest BCUT2D eigenvalue weighted by molar-refractivity contribution is 6.13. The third kappa shape index (κ3) is 3.79. The van der Waals surface area contributed by atoms with Gasteiger partial charge in [0.1, 0.15) is 5.75 Å². The number of rotatable bonds is 3. The highest BCUT2D eigenvalue weighted by Gasteiger charge is 2.41. The van der Waals surface area contributed by atoms with Gasteiger partial charge in [0.15, 0.2) is 5.78 Å². The van der Waals surface area contributed by atoms with Crippen molar-refractivity contribution in [3.05, 3.63) is 113 Å². The highest BCUT2D eigenvalue weighted by Crippen LogP contribution is 2.52. The molecule has 0 fully saturated rings. The Hall–Kier alpha value is -4.18. The summed E-state index contributed by atoms with van der Waals surface area (Å²) in [6.45, 7) is 4.32. The van der Waals surface area contributed by atoms with Crippen LogP contribution >= 0.6 is 0 Å². The Morgan fingerprint density at radius 1 is 0.861 bits per heavy atom. The molecule has 0 spiro atoms. The third-order valence-corrected chi connectivity index (χ3v) is 7.18. The molecule has 4 nitrogen and oxygen atoms in total. The zero-order valence-corrected chi connectivity index (χ0v) is 20.4. The van der Waals surface area contributed by atoms with Crippen molar-refractivity contribution in [3.8, 4) is 5.75 Å². The Kier molecular flexibility index (Phi) is 5.26. The second-order valence-corrected chi connectivity index (χ2v) is 10.4. The SMILES string of the molecule is CC1(C)CC(=O)C2=C(C1)c1c(ccc3ccccc13)N[C@@H]2c1ccccc1OC(=O)c1ccccc1. The summed E-state index contributed by atoms with van der Waals surface area (Å²) in [7, 11) is 0. The van der Waals surface area contributed by atoms with E-state index >= 15 is 0 Å². The number of fused-ring (bicyclic) bond motifs is 4. The van der Waals surface area contributed by atoms with Gasteiger partial charge >= 0.3 is 5.97 Å². The molecule has 1 atom stereocenters. The summed E-state index contributed by atoms with van der Waals surface area (Å²) in [6.07, 6.45) is 1.29. The van der Waals surface area contributed by atoms with Crippen LogP contribution in [0.2, 0.25) is 0 Å². The summed E-state index contributed by atoms with van der Waals surface area (Å²) in [5.74, 6) is 0.176. The second kappa shape index (κ2) is 8.49. The third-order valence-electron chi connectivity index (χ3n) is 7.18. The van der Waals surface area contributed by atoms with E-state index in [1.807, 2.05) is 48.5 Å². The zero-order chi connectivity index (χ0) is 24.9. The molecule has 6 rings (SSSR count). The van der Waals surface area contributed by atoms with Crippen LogP contribution in [0, 0.1) is 5.41 Å². The predicted octanol–water partition coefficient (Wildman–Crippen LogP) is 7.37. The zero-order valence-electron chi connectivity index (χ0n) is 20.4. The van der Waals surface area contributed by atoms with Crippen LogP contribution in [0.25, 0.3) is 16.3 Å². The maximum atomic E-state index is 13.7. The van der Waals surface area contributed by atoms with Gasteiger partial charge in [0, 0.05) is 28.8 Å². The minimum Gasteiger partial charge on any atom is -0.423 e. The van der Waals surface area contributed by atoms with Gasteiger partial charge in [-0.2, -0.15) is 0 Å². The van der Waals surface area contributed by atoms with Gasteiger partial charge in [-0.15, -0.1) is 0 Å². The average Bonchev–Trinajstić information content (AvgIpc) is 2.88. The molecule has 0 radical (unpaired) electrons. The van der Waals surface area contributed by atoms with Gasteiger partial charge in [-0.3, -0.25) is 4.79 Å². The van der Waals surface area contributed by atoms with Crippen molar-refractivity contribution >= 4 is 33.8 Å². The molecule has 0 bridgehead atoms. The molecule has 4 aromatic carbocycles. The Balaban J connectivity index is 1.51. The van der Waals surface area contributed by atoms with Crippen molar-refractivity contribution in [2.45, 2.75) is 32.7 Å². The number of allylic oxidation sites excluding steroid dienone is 1. The molecule has 1 N–H and O–H groups in total. The lowest BCUT2D eigenvalue weighted by molar-refractivity contribution is -0.118. The molecule has 1 heterocycles. The number of Topliss-reactive ketones (excluding diaryl/α,β-unsaturated/α-hetero) is 1. The first-order chi connectivity index (χ1) is 17.4. The first-order valence-electron chi connectivity index (χ1n) is 12.3. The topological polar surface area (TPSA) is 55.4 Å². The number of nitrogens with one attached hydrogen (secondary N) is 1. The van der Waals surface area contributed by atoms with Gasteiger partial charge in [-0.05, 0) is 52.4 Å². The standard InChI is InChI=1S/C32H27NO3/c1-32(2)18-24-28-22-13-7-6-10-20(22)16-17-25(28)33-30(29(24)26(34)19-32)23-14-8-9-15-27(23)36-31(35)21-11-4-3-5-12-21/h3-17,30,33H,18-19H2,1-2H3/t30-/m1/s1. The smallest absolute Gasteiger partial charge is 0.343 e. The molecule has 178 valence electrons. The number of carbonyl (C=O) groups is 2. The van der Waals surface area contributed by atoms with Crippen LogP contribution in [0.4, 0.5) is 5.69 Å². The number of hydrogen-bond donors (Lipinski definition) is 1. The molecule has 4 heteroatoms. The van der Waals surface area contributed by atoms with Crippen molar-refractivity contribution in [1.82, 2.24) is 0 Å². The van der Waals surface area contributed by atoms with Gasteiger partial charge < -0.3 is 10.1 Å². The number of para-hydroxylation sites is 1. The number of carbonyl (C=O) groups excluding carboxylic acids is 2. The Bertz CT molecular complexity index is 1550. The summed E-state index contributed by atoms with van der Waals surface area (Å²) in [5.41, 5.74) is 5.10. The number of benzene rings is 4. The molecule has 0 aromatic heterocycles.